The number of hydrogen-bond donors (Lipinski definition) is 2. The number of rotatable bonds is 8. The number of nitrogens with two attached hydrogens (primary N) is 1. The lowest BCUT2D eigenvalue weighted by molar-refractivity contribution is 0.0953. The van der Waals surface area contributed by atoms with E-state index in [1.807, 2.05) is 24.3 Å². The van der Waals surface area contributed by atoms with Crippen LogP contribution >= 0.6 is 0 Å². The van der Waals surface area contributed by atoms with E-state index in [9.17, 15) is 4.79 Å². The van der Waals surface area contributed by atoms with Crippen LogP contribution in [-0.2, 0) is 0 Å². The number of nitrogen functional groups attached to an aromatic ring is 1. The number of amides is 1. The van der Waals surface area contributed by atoms with Crippen molar-refractivity contribution >= 4 is 17.3 Å². The highest BCUT2D eigenvalue weighted by molar-refractivity contribution is 5.99. The molecule has 0 bridgehead atoms. The number of carbonyl (C=O) groups excluding carboxylic acids is 1. The van der Waals surface area contributed by atoms with Gasteiger partial charge in [0.15, 0.2) is 0 Å². The Hall–Kier alpha value is -2.73. The van der Waals surface area contributed by atoms with Crippen molar-refractivity contribution in [3.63, 3.8) is 0 Å². The summed E-state index contributed by atoms with van der Waals surface area (Å²) >= 11 is 0. The van der Waals surface area contributed by atoms with Crippen molar-refractivity contribution in [3.05, 3.63) is 54.1 Å². The maximum atomic E-state index is 12.1. The lowest BCUT2D eigenvalue weighted by Gasteiger charge is -2.36. The number of hydrogen-bond acceptors (Lipinski definition) is 5. The summed E-state index contributed by atoms with van der Waals surface area (Å²) < 4.78 is 5.48. The molecule has 6 nitrogen and oxygen atoms in total. The summed E-state index contributed by atoms with van der Waals surface area (Å²) in [6, 6.07) is 15.4. The van der Waals surface area contributed by atoms with Gasteiger partial charge in [-0.15, -0.1) is 0 Å². The van der Waals surface area contributed by atoms with Gasteiger partial charge in [-0.05, 0) is 43.7 Å². The molecule has 1 amide bonds. The molecule has 0 unspecified atom stereocenters. The van der Waals surface area contributed by atoms with E-state index < -0.39 is 0 Å². The first kappa shape index (κ1) is 20.0. The van der Waals surface area contributed by atoms with Gasteiger partial charge >= 0.3 is 0 Å². The monoisotopic (exact) mass is 382 g/mol. The van der Waals surface area contributed by atoms with Crippen molar-refractivity contribution in [1.82, 2.24) is 10.2 Å². The largest absolute Gasteiger partial charge is 0.495 e. The van der Waals surface area contributed by atoms with Crippen molar-refractivity contribution in [2.45, 2.75) is 12.8 Å². The number of unbranched alkanes of at least 4 members (excludes halogenated alkanes) is 1. The maximum absolute atomic E-state index is 12.1. The smallest absolute Gasteiger partial charge is 0.253 e. The van der Waals surface area contributed by atoms with E-state index in [4.69, 9.17) is 10.5 Å². The molecule has 6 heteroatoms. The van der Waals surface area contributed by atoms with E-state index in [1.165, 1.54) is 5.69 Å². The molecule has 0 atom stereocenters. The van der Waals surface area contributed by atoms with Crippen LogP contribution in [0.15, 0.2) is 48.5 Å². The number of ether oxygens (including phenoxy) is 1. The number of para-hydroxylation sites is 3. The Balaban J connectivity index is 1.34. The summed E-state index contributed by atoms with van der Waals surface area (Å²) in [6.45, 7) is 5.84. The topological polar surface area (TPSA) is 70.8 Å². The zero-order valence-corrected chi connectivity index (χ0v) is 16.6. The van der Waals surface area contributed by atoms with Crippen LogP contribution in [0.1, 0.15) is 23.2 Å². The van der Waals surface area contributed by atoms with Crippen LogP contribution in [0.3, 0.4) is 0 Å². The van der Waals surface area contributed by atoms with Crippen LogP contribution in [0.25, 0.3) is 0 Å². The highest BCUT2D eigenvalue weighted by Gasteiger charge is 2.19. The number of nitrogens with one attached hydrogen (secondary N) is 1. The zero-order chi connectivity index (χ0) is 19.8. The molecule has 3 rings (SSSR count). The summed E-state index contributed by atoms with van der Waals surface area (Å²) in [4.78, 5) is 17.0. The predicted molar refractivity (Wildman–Crippen MR) is 114 cm³/mol. The molecule has 0 saturated carbocycles. The van der Waals surface area contributed by atoms with E-state index in [1.54, 1.807) is 19.2 Å². The van der Waals surface area contributed by atoms with Gasteiger partial charge in [-0.1, -0.05) is 24.3 Å². The molecule has 2 aromatic rings. The highest BCUT2D eigenvalue weighted by atomic mass is 16.5. The number of nitrogens with zero attached hydrogens (tertiary/aromatic N) is 2. The Kier molecular flexibility index (Phi) is 7.14. The minimum Gasteiger partial charge on any atom is -0.495 e. The Morgan fingerprint density at radius 2 is 1.75 bits per heavy atom. The Morgan fingerprint density at radius 1 is 1.04 bits per heavy atom. The van der Waals surface area contributed by atoms with Gasteiger partial charge < -0.3 is 20.7 Å². The molecule has 3 N–H and O–H groups in total. The van der Waals surface area contributed by atoms with Gasteiger partial charge in [0.05, 0.1) is 18.4 Å². The second-order valence-electron chi connectivity index (χ2n) is 7.05. The quantitative estimate of drug-likeness (QED) is 0.542. The molecule has 1 aliphatic rings. The van der Waals surface area contributed by atoms with Crippen molar-refractivity contribution in [1.29, 1.82) is 0 Å². The van der Waals surface area contributed by atoms with Gasteiger partial charge in [0.2, 0.25) is 0 Å². The second kappa shape index (κ2) is 9.99. The van der Waals surface area contributed by atoms with E-state index in [2.05, 4.69) is 27.2 Å². The van der Waals surface area contributed by atoms with Crippen molar-refractivity contribution in [2.24, 2.45) is 0 Å². The Morgan fingerprint density at radius 3 is 2.50 bits per heavy atom. The van der Waals surface area contributed by atoms with E-state index >= 15 is 0 Å². The summed E-state index contributed by atoms with van der Waals surface area (Å²) in [5.41, 5.74) is 8.09. The molecule has 1 aliphatic heterocycles. The fourth-order valence-corrected chi connectivity index (χ4v) is 3.56. The molecule has 150 valence electrons. The lowest BCUT2D eigenvalue weighted by Crippen LogP contribution is -2.46. The minimum absolute atomic E-state index is 0.0940. The summed E-state index contributed by atoms with van der Waals surface area (Å²) in [5, 5.41) is 2.96. The number of benzene rings is 2. The number of methoxy groups -OCH3 is 1. The van der Waals surface area contributed by atoms with Gasteiger partial charge in [-0.25, -0.2) is 0 Å². The molecule has 1 saturated heterocycles. The van der Waals surface area contributed by atoms with Crippen LogP contribution in [0.4, 0.5) is 11.4 Å². The van der Waals surface area contributed by atoms with Crippen LogP contribution in [0.2, 0.25) is 0 Å². The highest BCUT2D eigenvalue weighted by Crippen LogP contribution is 2.28. The molecule has 1 fully saturated rings. The van der Waals surface area contributed by atoms with E-state index in [-0.39, 0.29) is 5.91 Å². The first-order valence-electron chi connectivity index (χ1n) is 9.92. The van der Waals surface area contributed by atoms with Crippen molar-refractivity contribution < 1.29 is 9.53 Å². The number of piperazine rings is 1. The first-order valence-corrected chi connectivity index (χ1v) is 9.92. The molecule has 2 aromatic carbocycles. The van der Waals surface area contributed by atoms with Gasteiger partial charge in [0.1, 0.15) is 5.75 Å². The molecular formula is C22H30N4O2. The zero-order valence-electron chi connectivity index (χ0n) is 16.6. The summed E-state index contributed by atoms with van der Waals surface area (Å²) in [5.74, 6) is 0.842. The fourth-order valence-electron chi connectivity index (χ4n) is 3.56. The third-order valence-corrected chi connectivity index (χ3v) is 5.19. The number of carbonyl (C=O) groups is 1. The molecular weight excluding hydrogens is 352 g/mol. The second-order valence-corrected chi connectivity index (χ2v) is 7.05. The minimum atomic E-state index is -0.0940. The van der Waals surface area contributed by atoms with Gasteiger partial charge in [0, 0.05) is 38.4 Å². The molecule has 0 aliphatic carbocycles. The molecule has 28 heavy (non-hydrogen) atoms. The standard InChI is InChI=1S/C22H30N4O2/c1-28-21-11-5-4-10-20(21)26-16-14-25(15-17-26)13-7-6-12-24-22(27)18-8-2-3-9-19(18)23/h2-5,8-11H,6-7,12-17,23H2,1H3,(H,24,27). The average molecular weight is 383 g/mol. The van der Waals surface area contributed by atoms with Gasteiger partial charge in [-0.3, -0.25) is 9.69 Å². The van der Waals surface area contributed by atoms with Crippen LogP contribution < -0.4 is 20.7 Å². The first-order chi connectivity index (χ1) is 13.7. The van der Waals surface area contributed by atoms with Crippen LogP contribution in [0, 0.1) is 0 Å². The predicted octanol–water partition coefficient (Wildman–Crippen LogP) is 2.61. The summed E-state index contributed by atoms with van der Waals surface area (Å²) in [7, 11) is 1.72. The lowest BCUT2D eigenvalue weighted by atomic mass is 10.1. The van der Waals surface area contributed by atoms with Crippen LogP contribution in [-0.4, -0.2) is 57.2 Å². The third-order valence-electron chi connectivity index (χ3n) is 5.19. The summed E-state index contributed by atoms with van der Waals surface area (Å²) in [6.07, 6.45) is 2.03. The molecule has 0 radical (unpaired) electrons. The third kappa shape index (κ3) is 5.16. The normalized spacial score (nSPS) is 14.7. The van der Waals surface area contributed by atoms with Gasteiger partial charge in [0.25, 0.3) is 5.91 Å². The van der Waals surface area contributed by atoms with Gasteiger partial charge in [-0.2, -0.15) is 0 Å². The van der Waals surface area contributed by atoms with E-state index in [0.29, 0.717) is 17.8 Å². The van der Waals surface area contributed by atoms with Crippen molar-refractivity contribution in [2.75, 3.05) is 57.0 Å². The van der Waals surface area contributed by atoms with E-state index in [0.717, 1.165) is 51.3 Å². The Bertz CT molecular complexity index is 773. The molecule has 0 spiro atoms. The number of anilines is 2. The van der Waals surface area contributed by atoms with Crippen molar-refractivity contribution in [3.8, 4) is 5.75 Å². The molecule has 1 heterocycles. The van der Waals surface area contributed by atoms with Crippen LogP contribution in [0.5, 0.6) is 5.75 Å². The SMILES string of the molecule is COc1ccccc1N1CCN(CCCCNC(=O)c2ccccc2N)CC1. The molecule has 0 aromatic heterocycles. The fraction of sp³-hybridized carbons (Fsp3) is 0.409. The Labute approximate surface area is 167 Å². The maximum Gasteiger partial charge on any atom is 0.253 e. The average Bonchev–Trinajstić information content (AvgIpc) is 2.74.